The first-order valence-electron chi connectivity index (χ1n) is 8.34. The van der Waals surface area contributed by atoms with Crippen LogP contribution in [0.25, 0.3) is 0 Å². The second kappa shape index (κ2) is 9.10. The lowest BCUT2D eigenvalue weighted by Gasteiger charge is -2.22. The Kier molecular flexibility index (Phi) is 6.83. The molecular formula is C17H18N4O7S. The van der Waals surface area contributed by atoms with Crippen molar-refractivity contribution < 1.29 is 23.1 Å². The molecule has 0 bridgehead atoms. The predicted molar refractivity (Wildman–Crippen MR) is 106 cm³/mol. The fourth-order valence-electron chi connectivity index (χ4n) is 2.55. The Bertz CT molecular complexity index is 1040. The standard InChI is InChI=1S/C17H18N4O7S/c1-29(27,28)19(14-6-3-8-16(12-14)21(25)26)10-4-9-17(22)18-13-5-2-7-15(11-13)20(23)24/h2-3,5-8,11-12H,4,9-10H2,1H3,(H,18,22). The molecule has 0 radical (unpaired) electrons. The van der Waals surface area contributed by atoms with E-state index in [9.17, 15) is 33.4 Å². The van der Waals surface area contributed by atoms with Crippen LogP contribution in [0.5, 0.6) is 0 Å². The molecule has 0 aliphatic rings. The van der Waals surface area contributed by atoms with Crippen LogP contribution < -0.4 is 9.62 Å². The minimum absolute atomic E-state index is 0.0519. The number of rotatable bonds is 9. The van der Waals surface area contributed by atoms with Gasteiger partial charge in [0.15, 0.2) is 0 Å². The number of carbonyl (C=O) groups is 1. The largest absolute Gasteiger partial charge is 0.326 e. The Hall–Kier alpha value is -3.54. The highest BCUT2D eigenvalue weighted by atomic mass is 32.2. The number of hydrogen-bond donors (Lipinski definition) is 1. The molecule has 29 heavy (non-hydrogen) atoms. The van der Waals surface area contributed by atoms with Crippen LogP contribution in [0.2, 0.25) is 0 Å². The van der Waals surface area contributed by atoms with Crippen molar-refractivity contribution in [2.45, 2.75) is 12.8 Å². The number of nitrogens with one attached hydrogen (secondary N) is 1. The van der Waals surface area contributed by atoms with Crippen molar-refractivity contribution in [2.75, 3.05) is 22.4 Å². The summed E-state index contributed by atoms with van der Waals surface area (Å²) < 4.78 is 25.1. The van der Waals surface area contributed by atoms with E-state index >= 15 is 0 Å². The minimum Gasteiger partial charge on any atom is -0.326 e. The van der Waals surface area contributed by atoms with Crippen molar-refractivity contribution in [1.29, 1.82) is 0 Å². The molecule has 0 saturated heterocycles. The Labute approximate surface area is 166 Å². The molecule has 0 aliphatic heterocycles. The van der Waals surface area contributed by atoms with Gasteiger partial charge in [-0.1, -0.05) is 12.1 Å². The monoisotopic (exact) mass is 422 g/mol. The second-order valence-corrected chi connectivity index (χ2v) is 7.98. The fourth-order valence-corrected chi connectivity index (χ4v) is 3.51. The zero-order valence-electron chi connectivity index (χ0n) is 15.3. The quantitative estimate of drug-likeness (QED) is 0.481. The van der Waals surface area contributed by atoms with Gasteiger partial charge < -0.3 is 5.32 Å². The molecule has 0 saturated carbocycles. The first-order chi connectivity index (χ1) is 13.6. The van der Waals surface area contributed by atoms with Gasteiger partial charge in [0.1, 0.15) is 0 Å². The van der Waals surface area contributed by atoms with E-state index < -0.39 is 25.8 Å². The van der Waals surface area contributed by atoms with Crippen LogP contribution in [0.3, 0.4) is 0 Å². The molecule has 0 spiro atoms. The van der Waals surface area contributed by atoms with Crippen LogP contribution >= 0.6 is 0 Å². The van der Waals surface area contributed by atoms with Crippen LogP contribution in [0.1, 0.15) is 12.8 Å². The number of benzene rings is 2. The summed E-state index contributed by atoms with van der Waals surface area (Å²) in [6.07, 6.45) is 1.05. The number of amides is 1. The van der Waals surface area contributed by atoms with E-state index in [1.807, 2.05) is 0 Å². The van der Waals surface area contributed by atoms with E-state index in [-0.39, 0.29) is 42.1 Å². The third kappa shape index (κ3) is 6.24. The van der Waals surface area contributed by atoms with Crippen molar-refractivity contribution in [3.8, 4) is 0 Å². The number of non-ortho nitro benzene ring substituents is 2. The first-order valence-corrected chi connectivity index (χ1v) is 10.2. The van der Waals surface area contributed by atoms with E-state index in [1.54, 1.807) is 0 Å². The maximum atomic E-state index is 12.1. The molecule has 0 heterocycles. The smallest absolute Gasteiger partial charge is 0.271 e. The number of anilines is 2. The highest BCUT2D eigenvalue weighted by Crippen LogP contribution is 2.24. The van der Waals surface area contributed by atoms with Gasteiger partial charge in [-0.2, -0.15) is 0 Å². The van der Waals surface area contributed by atoms with E-state index in [1.165, 1.54) is 42.5 Å². The normalized spacial score (nSPS) is 10.9. The molecule has 2 aromatic rings. The van der Waals surface area contributed by atoms with Crippen LogP contribution in [0.4, 0.5) is 22.7 Å². The minimum atomic E-state index is -3.73. The van der Waals surface area contributed by atoms with E-state index in [0.29, 0.717) is 0 Å². The molecule has 1 N–H and O–H groups in total. The highest BCUT2D eigenvalue weighted by Gasteiger charge is 2.20. The number of hydrogen-bond acceptors (Lipinski definition) is 7. The summed E-state index contributed by atoms with van der Waals surface area (Å²) in [4.78, 5) is 32.5. The lowest BCUT2D eigenvalue weighted by Crippen LogP contribution is -2.31. The van der Waals surface area contributed by atoms with Crippen LogP contribution in [0.15, 0.2) is 48.5 Å². The summed E-state index contributed by atoms with van der Waals surface area (Å²) in [6.45, 7) is -0.0671. The van der Waals surface area contributed by atoms with Crippen molar-refractivity contribution in [2.24, 2.45) is 0 Å². The summed E-state index contributed by atoms with van der Waals surface area (Å²) in [5.74, 6) is -0.446. The number of carbonyl (C=O) groups excluding carboxylic acids is 1. The molecule has 0 aromatic heterocycles. The van der Waals surface area contributed by atoms with Crippen LogP contribution in [0, 0.1) is 20.2 Å². The zero-order valence-corrected chi connectivity index (χ0v) is 16.2. The Balaban J connectivity index is 2.03. The Morgan fingerprint density at radius 3 is 2.21 bits per heavy atom. The molecule has 11 nitrogen and oxygen atoms in total. The topological polar surface area (TPSA) is 153 Å². The highest BCUT2D eigenvalue weighted by molar-refractivity contribution is 7.92. The lowest BCUT2D eigenvalue weighted by atomic mass is 10.2. The molecular weight excluding hydrogens is 404 g/mol. The van der Waals surface area contributed by atoms with Crippen molar-refractivity contribution in [3.05, 3.63) is 68.8 Å². The molecule has 0 aliphatic carbocycles. The summed E-state index contributed by atoms with van der Waals surface area (Å²) in [5.41, 5.74) is -0.0417. The predicted octanol–water partition coefficient (Wildman–Crippen LogP) is 2.69. The van der Waals surface area contributed by atoms with Gasteiger partial charge in [0.05, 0.1) is 21.8 Å². The maximum Gasteiger partial charge on any atom is 0.271 e. The van der Waals surface area contributed by atoms with Crippen LogP contribution in [-0.2, 0) is 14.8 Å². The second-order valence-electron chi connectivity index (χ2n) is 6.07. The van der Waals surface area contributed by atoms with Gasteiger partial charge in [-0.05, 0) is 18.6 Å². The molecule has 2 aromatic carbocycles. The van der Waals surface area contributed by atoms with Gasteiger partial charge in [0.25, 0.3) is 11.4 Å². The summed E-state index contributed by atoms with van der Waals surface area (Å²) in [7, 11) is -3.73. The SMILES string of the molecule is CS(=O)(=O)N(CCCC(=O)Nc1cccc([N+](=O)[O-])c1)c1cccc([N+](=O)[O-])c1. The Morgan fingerprint density at radius 1 is 1.03 bits per heavy atom. The third-order valence-corrected chi connectivity index (χ3v) is 5.03. The summed E-state index contributed by atoms with van der Waals surface area (Å²) in [5, 5.41) is 24.2. The molecule has 154 valence electrons. The van der Waals surface area contributed by atoms with Gasteiger partial charge in [-0.3, -0.25) is 29.3 Å². The van der Waals surface area contributed by atoms with Gasteiger partial charge in [-0.15, -0.1) is 0 Å². The van der Waals surface area contributed by atoms with E-state index in [2.05, 4.69) is 5.32 Å². The third-order valence-electron chi connectivity index (χ3n) is 3.83. The summed E-state index contributed by atoms with van der Waals surface area (Å²) in [6, 6.07) is 10.6. The Morgan fingerprint density at radius 2 is 1.62 bits per heavy atom. The molecule has 0 unspecified atom stereocenters. The summed E-state index contributed by atoms with van der Waals surface area (Å²) >= 11 is 0. The number of nitrogens with zero attached hydrogens (tertiary/aromatic N) is 3. The van der Waals surface area contributed by atoms with Crippen molar-refractivity contribution in [3.63, 3.8) is 0 Å². The van der Waals surface area contributed by atoms with Crippen molar-refractivity contribution >= 4 is 38.7 Å². The molecule has 0 atom stereocenters. The zero-order chi connectivity index (χ0) is 21.6. The van der Waals surface area contributed by atoms with Gasteiger partial charge in [0.2, 0.25) is 15.9 Å². The average molecular weight is 422 g/mol. The fraction of sp³-hybridized carbons (Fsp3) is 0.235. The molecule has 0 fully saturated rings. The average Bonchev–Trinajstić information content (AvgIpc) is 2.64. The van der Waals surface area contributed by atoms with Crippen LogP contribution in [-0.4, -0.2) is 37.0 Å². The number of nitro benzene ring substituents is 2. The lowest BCUT2D eigenvalue weighted by molar-refractivity contribution is -0.385. The van der Waals surface area contributed by atoms with Gasteiger partial charge in [0, 0.05) is 42.9 Å². The number of sulfonamides is 1. The van der Waals surface area contributed by atoms with Gasteiger partial charge >= 0.3 is 0 Å². The molecule has 1 amide bonds. The first kappa shape index (κ1) is 21.8. The maximum absolute atomic E-state index is 12.1. The van der Waals surface area contributed by atoms with E-state index in [4.69, 9.17) is 0 Å². The molecule has 2 rings (SSSR count). The number of nitro groups is 2. The molecule has 12 heteroatoms. The van der Waals surface area contributed by atoms with E-state index in [0.717, 1.165) is 16.6 Å². The van der Waals surface area contributed by atoms with Crippen molar-refractivity contribution in [1.82, 2.24) is 0 Å². The van der Waals surface area contributed by atoms with Gasteiger partial charge in [-0.25, -0.2) is 8.42 Å².